The van der Waals surface area contributed by atoms with Crippen LogP contribution in [0.1, 0.15) is 27.2 Å². The Balaban J connectivity index is 2.43. The third-order valence-corrected chi connectivity index (χ3v) is 3.71. The van der Waals surface area contributed by atoms with Crippen LogP contribution in [0.5, 0.6) is 0 Å². The molecule has 0 heterocycles. The molecule has 0 bridgehead atoms. The van der Waals surface area contributed by atoms with E-state index >= 15 is 0 Å². The van der Waals surface area contributed by atoms with Crippen LogP contribution < -0.4 is 10.0 Å². The summed E-state index contributed by atoms with van der Waals surface area (Å²) in [4.78, 5) is 23.0. The van der Waals surface area contributed by atoms with Gasteiger partial charge in [0, 0.05) is 13.0 Å². The number of carbonyl (C=O) groups excluding carboxylic acids is 2. The summed E-state index contributed by atoms with van der Waals surface area (Å²) >= 11 is 0. The number of alkyl carbamates (subject to hydrolysis) is 1. The Morgan fingerprint density at radius 1 is 1.14 bits per heavy atom. The minimum Gasteiger partial charge on any atom is -0.444 e. The number of amides is 2. The molecular weight excluding hydrogens is 308 g/mol. The predicted octanol–water partition coefficient (Wildman–Crippen LogP) is 1.41. The number of benzene rings is 1. The molecule has 1 aromatic carbocycles. The highest BCUT2D eigenvalue weighted by molar-refractivity contribution is 7.90. The monoisotopic (exact) mass is 328 g/mol. The molecule has 0 atom stereocenters. The van der Waals surface area contributed by atoms with E-state index in [1.807, 2.05) is 4.72 Å². The Bertz CT molecular complexity index is 620. The first-order valence-corrected chi connectivity index (χ1v) is 8.16. The van der Waals surface area contributed by atoms with Crippen molar-refractivity contribution in [2.75, 3.05) is 6.54 Å². The highest BCUT2D eigenvalue weighted by Crippen LogP contribution is 2.07. The van der Waals surface area contributed by atoms with Crippen molar-refractivity contribution in [3.05, 3.63) is 30.3 Å². The summed E-state index contributed by atoms with van der Waals surface area (Å²) in [6.45, 7) is 5.12. The average molecular weight is 328 g/mol. The molecule has 0 aromatic heterocycles. The molecule has 7 nitrogen and oxygen atoms in total. The van der Waals surface area contributed by atoms with Gasteiger partial charge in [-0.15, -0.1) is 0 Å². The van der Waals surface area contributed by atoms with E-state index in [1.165, 1.54) is 12.1 Å². The number of carbonyl (C=O) groups is 2. The van der Waals surface area contributed by atoms with Gasteiger partial charge in [0.1, 0.15) is 5.60 Å². The lowest BCUT2D eigenvalue weighted by Crippen LogP contribution is -2.36. The van der Waals surface area contributed by atoms with Gasteiger partial charge < -0.3 is 10.1 Å². The summed E-state index contributed by atoms with van der Waals surface area (Å²) in [5, 5.41) is 2.38. The fourth-order valence-electron chi connectivity index (χ4n) is 1.45. The van der Waals surface area contributed by atoms with Crippen LogP contribution in [-0.2, 0) is 19.6 Å². The Labute approximate surface area is 130 Å². The van der Waals surface area contributed by atoms with Crippen molar-refractivity contribution in [1.29, 1.82) is 0 Å². The Kier molecular flexibility index (Phi) is 5.92. The summed E-state index contributed by atoms with van der Waals surface area (Å²) in [7, 11) is -3.88. The van der Waals surface area contributed by atoms with Crippen molar-refractivity contribution in [3.63, 3.8) is 0 Å². The molecule has 0 saturated heterocycles. The largest absolute Gasteiger partial charge is 0.444 e. The van der Waals surface area contributed by atoms with Crippen molar-refractivity contribution in [1.82, 2.24) is 10.0 Å². The molecule has 8 heteroatoms. The third kappa shape index (κ3) is 6.57. The molecule has 1 rings (SSSR count). The minimum absolute atomic E-state index is 0.00320. The van der Waals surface area contributed by atoms with E-state index in [0.29, 0.717) is 0 Å². The predicted molar refractivity (Wildman–Crippen MR) is 80.6 cm³/mol. The summed E-state index contributed by atoms with van der Waals surface area (Å²) in [5.41, 5.74) is -0.636. The first-order valence-electron chi connectivity index (χ1n) is 6.68. The number of sulfonamides is 1. The fraction of sp³-hybridized carbons (Fsp3) is 0.429. The smallest absolute Gasteiger partial charge is 0.407 e. The molecule has 0 aliphatic rings. The number of ether oxygens (including phenoxy) is 1. The lowest BCUT2D eigenvalue weighted by atomic mass is 10.2. The molecule has 0 radical (unpaired) electrons. The summed E-state index contributed by atoms with van der Waals surface area (Å²) in [5.74, 6) is -0.708. The second-order valence-electron chi connectivity index (χ2n) is 5.52. The summed E-state index contributed by atoms with van der Waals surface area (Å²) < 4.78 is 30.7. The highest BCUT2D eigenvalue weighted by atomic mass is 32.2. The normalized spacial score (nSPS) is 11.6. The first-order chi connectivity index (χ1) is 10.1. The van der Waals surface area contributed by atoms with Crippen LogP contribution in [0.3, 0.4) is 0 Å². The van der Waals surface area contributed by atoms with Crippen molar-refractivity contribution >= 4 is 22.0 Å². The lowest BCUT2D eigenvalue weighted by molar-refractivity contribution is -0.119. The van der Waals surface area contributed by atoms with Crippen LogP contribution >= 0.6 is 0 Å². The van der Waals surface area contributed by atoms with E-state index in [9.17, 15) is 18.0 Å². The van der Waals surface area contributed by atoms with Gasteiger partial charge >= 0.3 is 6.09 Å². The number of hydrogen-bond donors (Lipinski definition) is 2. The van der Waals surface area contributed by atoms with Gasteiger partial charge in [-0.1, -0.05) is 18.2 Å². The lowest BCUT2D eigenvalue weighted by Gasteiger charge is -2.19. The van der Waals surface area contributed by atoms with Crippen molar-refractivity contribution in [2.24, 2.45) is 0 Å². The molecule has 2 N–H and O–H groups in total. The minimum atomic E-state index is -3.88. The molecule has 0 saturated carbocycles. The van der Waals surface area contributed by atoms with Crippen molar-refractivity contribution in [3.8, 4) is 0 Å². The van der Waals surface area contributed by atoms with E-state index in [4.69, 9.17) is 4.74 Å². The zero-order valence-corrected chi connectivity index (χ0v) is 13.6. The standard InChI is InChI=1S/C14H20N2O5S/c1-14(2,3)21-13(18)15-10-9-12(17)16-22(19,20)11-7-5-4-6-8-11/h4-8H,9-10H2,1-3H3,(H,15,18)(H,16,17). The maximum absolute atomic E-state index is 11.9. The van der Waals surface area contributed by atoms with E-state index in [2.05, 4.69) is 5.32 Å². The second-order valence-corrected chi connectivity index (χ2v) is 7.20. The van der Waals surface area contributed by atoms with Crippen LogP contribution in [-0.4, -0.2) is 32.6 Å². The second kappa shape index (κ2) is 7.26. The van der Waals surface area contributed by atoms with Crippen molar-refractivity contribution in [2.45, 2.75) is 37.7 Å². The van der Waals surface area contributed by atoms with Gasteiger partial charge in [0.15, 0.2) is 0 Å². The Hall–Kier alpha value is -2.09. The Morgan fingerprint density at radius 3 is 2.27 bits per heavy atom. The molecule has 1 aromatic rings. The molecule has 22 heavy (non-hydrogen) atoms. The maximum atomic E-state index is 11.9. The van der Waals surface area contributed by atoms with Gasteiger partial charge in [-0.25, -0.2) is 17.9 Å². The summed E-state index contributed by atoms with van der Waals surface area (Å²) in [6.07, 6.45) is -0.836. The zero-order valence-electron chi connectivity index (χ0n) is 12.8. The number of hydrogen-bond acceptors (Lipinski definition) is 5. The van der Waals surface area contributed by atoms with Crippen LogP contribution in [0, 0.1) is 0 Å². The highest BCUT2D eigenvalue weighted by Gasteiger charge is 2.18. The van der Waals surface area contributed by atoms with Gasteiger partial charge in [0.2, 0.25) is 5.91 Å². The van der Waals surface area contributed by atoms with Crippen LogP contribution in [0.2, 0.25) is 0 Å². The zero-order chi connectivity index (χ0) is 16.8. The maximum Gasteiger partial charge on any atom is 0.407 e. The molecular formula is C14H20N2O5S. The van der Waals surface area contributed by atoms with Crippen LogP contribution in [0.4, 0.5) is 4.79 Å². The Morgan fingerprint density at radius 2 is 1.73 bits per heavy atom. The van der Waals surface area contributed by atoms with Gasteiger partial charge in [0.05, 0.1) is 4.90 Å². The van der Waals surface area contributed by atoms with Crippen LogP contribution in [0.15, 0.2) is 35.2 Å². The number of rotatable bonds is 5. The number of nitrogens with one attached hydrogen (secondary N) is 2. The first kappa shape index (κ1) is 18.0. The van der Waals surface area contributed by atoms with Crippen molar-refractivity contribution < 1.29 is 22.7 Å². The van der Waals surface area contributed by atoms with Gasteiger partial charge in [-0.3, -0.25) is 4.79 Å². The SMILES string of the molecule is CC(C)(C)OC(=O)NCCC(=O)NS(=O)(=O)c1ccccc1. The molecule has 0 unspecified atom stereocenters. The molecule has 0 fully saturated rings. The molecule has 0 spiro atoms. The molecule has 122 valence electrons. The van der Waals surface area contributed by atoms with E-state index in [1.54, 1.807) is 39.0 Å². The summed E-state index contributed by atoms with van der Waals surface area (Å²) in [6, 6.07) is 7.56. The third-order valence-electron chi connectivity index (χ3n) is 2.32. The molecule has 0 aliphatic carbocycles. The van der Waals surface area contributed by atoms with Gasteiger partial charge in [0.25, 0.3) is 10.0 Å². The van der Waals surface area contributed by atoms with Crippen LogP contribution in [0.25, 0.3) is 0 Å². The molecule has 0 aliphatic heterocycles. The fourth-order valence-corrected chi connectivity index (χ4v) is 2.49. The topological polar surface area (TPSA) is 102 Å². The van der Waals surface area contributed by atoms with Gasteiger partial charge in [-0.05, 0) is 32.9 Å². The van der Waals surface area contributed by atoms with E-state index in [0.717, 1.165) is 0 Å². The molecule has 2 amide bonds. The average Bonchev–Trinajstić information content (AvgIpc) is 2.37. The van der Waals surface area contributed by atoms with E-state index in [-0.39, 0.29) is 17.9 Å². The van der Waals surface area contributed by atoms with E-state index < -0.39 is 27.6 Å². The quantitative estimate of drug-likeness (QED) is 0.851. The van der Waals surface area contributed by atoms with Gasteiger partial charge in [-0.2, -0.15) is 0 Å².